The van der Waals surface area contributed by atoms with Gasteiger partial charge in [0.2, 0.25) is 5.88 Å². The number of fused-ring (bicyclic) bond motifs is 1. The molecule has 2 aromatic rings. The molecular formula is C20H24N4O5S. The summed E-state index contributed by atoms with van der Waals surface area (Å²) in [6, 6.07) is 6.80. The third kappa shape index (κ3) is 4.04. The van der Waals surface area contributed by atoms with Crippen molar-refractivity contribution in [3.63, 3.8) is 0 Å². The zero-order chi connectivity index (χ0) is 21.5. The molecule has 2 aliphatic rings. The van der Waals surface area contributed by atoms with E-state index in [1.54, 1.807) is 18.2 Å². The molecule has 3 heterocycles. The first-order chi connectivity index (χ1) is 14.2. The number of likely N-dealkylation sites (tertiary alicyclic amines) is 1. The van der Waals surface area contributed by atoms with Crippen LogP contribution in [0.2, 0.25) is 0 Å². The van der Waals surface area contributed by atoms with Crippen LogP contribution in [0.1, 0.15) is 25.3 Å². The minimum Gasteiger partial charge on any atom is -0.474 e. The minimum atomic E-state index is -3.25. The maximum atomic E-state index is 11.8. The van der Waals surface area contributed by atoms with Gasteiger partial charge < -0.3 is 19.6 Å². The van der Waals surface area contributed by atoms with E-state index in [9.17, 15) is 18.3 Å². The third-order valence-corrected chi connectivity index (χ3v) is 6.75. The van der Waals surface area contributed by atoms with Gasteiger partial charge in [0.15, 0.2) is 9.84 Å². The molecule has 4 rings (SSSR count). The molecule has 0 spiro atoms. The first-order valence-electron chi connectivity index (χ1n) is 9.81. The number of anilines is 2. The van der Waals surface area contributed by atoms with Gasteiger partial charge in [0.1, 0.15) is 18.2 Å². The van der Waals surface area contributed by atoms with E-state index in [4.69, 9.17) is 4.74 Å². The SMILES string of the molecule is C[C@@H]1C[C@H](Oc2cc(N3CCc4cc(S(C)(=O)=O)ccc43)ncn2)CCN1C(=O)O. The highest BCUT2D eigenvalue weighted by molar-refractivity contribution is 7.90. The lowest BCUT2D eigenvalue weighted by Crippen LogP contribution is -2.46. The number of amides is 1. The molecule has 0 aliphatic carbocycles. The molecule has 0 bridgehead atoms. The topological polar surface area (TPSA) is 113 Å². The number of hydrogen-bond acceptors (Lipinski definition) is 7. The van der Waals surface area contributed by atoms with E-state index in [2.05, 4.69) is 9.97 Å². The highest BCUT2D eigenvalue weighted by atomic mass is 32.2. The highest BCUT2D eigenvalue weighted by Crippen LogP contribution is 2.35. The molecule has 1 amide bonds. The largest absolute Gasteiger partial charge is 0.474 e. The second kappa shape index (κ2) is 7.75. The molecule has 10 heteroatoms. The highest BCUT2D eigenvalue weighted by Gasteiger charge is 2.30. The van der Waals surface area contributed by atoms with Gasteiger partial charge in [-0.3, -0.25) is 0 Å². The Kier molecular flexibility index (Phi) is 5.27. The molecule has 2 atom stereocenters. The fourth-order valence-electron chi connectivity index (χ4n) is 4.08. The number of piperidine rings is 1. The van der Waals surface area contributed by atoms with Crippen LogP contribution in [0, 0.1) is 0 Å². The van der Waals surface area contributed by atoms with Crippen LogP contribution in [0.4, 0.5) is 16.3 Å². The number of rotatable bonds is 4. The van der Waals surface area contributed by atoms with Gasteiger partial charge in [-0.1, -0.05) is 0 Å². The van der Waals surface area contributed by atoms with Crippen molar-refractivity contribution in [1.29, 1.82) is 0 Å². The van der Waals surface area contributed by atoms with Crippen molar-refractivity contribution in [2.45, 2.75) is 43.2 Å². The molecule has 0 saturated carbocycles. The fraction of sp³-hybridized carbons (Fsp3) is 0.450. The van der Waals surface area contributed by atoms with Crippen molar-refractivity contribution < 1.29 is 23.1 Å². The van der Waals surface area contributed by atoms with Crippen LogP contribution in [-0.2, 0) is 16.3 Å². The van der Waals surface area contributed by atoms with Gasteiger partial charge in [-0.25, -0.2) is 23.2 Å². The predicted octanol–water partition coefficient (Wildman–Crippen LogP) is 2.48. The van der Waals surface area contributed by atoms with Crippen molar-refractivity contribution in [2.24, 2.45) is 0 Å². The summed E-state index contributed by atoms with van der Waals surface area (Å²) in [5.74, 6) is 1.13. The summed E-state index contributed by atoms with van der Waals surface area (Å²) in [5, 5.41) is 9.21. The number of sulfone groups is 1. The first-order valence-corrected chi connectivity index (χ1v) is 11.7. The molecule has 30 heavy (non-hydrogen) atoms. The lowest BCUT2D eigenvalue weighted by atomic mass is 10.0. The van der Waals surface area contributed by atoms with Gasteiger partial charge in [-0.2, -0.15) is 0 Å². The smallest absolute Gasteiger partial charge is 0.407 e. The van der Waals surface area contributed by atoms with E-state index in [1.807, 2.05) is 17.9 Å². The van der Waals surface area contributed by atoms with Crippen LogP contribution >= 0.6 is 0 Å². The van der Waals surface area contributed by atoms with Crippen LogP contribution in [-0.4, -0.2) is 66.0 Å². The Balaban J connectivity index is 1.50. The average Bonchev–Trinajstić information content (AvgIpc) is 3.10. The van der Waals surface area contributed by atoms with E-state index >= 15 is 0 Å². The summed E-state index contributed by atoms with van der Waals surface area (Å²) in [6.45, 7) is 3.00. The quantitative estimate of drug-likeness (QED) is 0.784. The second-order valence-corrected chi connectivity index (χ2v) is 9.78. The summed E-state index contributed by atoms with van der Waals surface area (Å²) in [5.41, 5.74) is 1.89. The number of aromatic nitrogens is 2. The van der Waals surface area contributed by atoms with Gasteiger partial charge in [0.25, 0.3) is 0 Å². The normalized spacial score (nSPS) is 21.4. The molecule has 1 aromatic heterocycles. The van der Waals surface area contributed by atoms with Crippen LogP contribution in [0.3, 0.4) is 0 Å². The van der Waals surface area contributed by atoms with Gasteiger partial charge in [0.05, 0.1) is 4.90 Å². The van der Waals surface area contributed by atoms with Crippen molar-refractivity contribution in [3.05, 3.63) is 36.2 Å². The maximum Gasteiger partial charge on any atom is 0.407 e. The molecule has 1 fully saturated rings. The molecule has 0 unspecified atom stereocenters. The predicted molar refractivity (Wildman–Crippen MR) is 110 cm³/mol. The summed E-state index contributed by atoms with van der Waals surface area (Å²) >= 11 is 0. The van der Waals surface area contributed by atoms with Gasteiger partial charge in [0, 0.05) is 50.0 Å². The third-order valence-electron chi connectivity index (χ3n) is 5.64. The van der Waals surface area contributed by atoms with Crippen LogP contribution in [0.15, 0.2) is 35.5 Å². The standard InChI is InChI=1S/C20H24N4O5S/c1-13-9-15(6-8-23(13)20(25)26)29-19-11-18(21-12-22-19)24-7-5-14-10-16(30(2,27)28)3-4-17(14)24/h3-4,10-13,15H,5-9H2,1-2H3,(H,25,26)/t13-,15-/m1/s1. The molecule has 1 N–H and O–H groups in total. The Hall–Kier alpha value is -2.88. The summed E-state index contributed by atoms with van der Waals surface area (Å²) in [6.07, 6.45) is 3.58. The maximum absolute atomic E-state index is 11.8. The Labute approximate surface area is 175 Å². The lowest BCUT2D eigenvalue weighted by Gasteiger charge is -2.35. The molecule has 160 valence electrons. The lowest BCUT2D eigenvalue weighted by molar-refractivity contribution is 0.0584. The van der Waals surface area contributed by atoms with Crippen molar-refractivity contribution in [3.8, 4) is 5.88 Å². The number of nitrogens with zero attached hydrogens (tertiary/aromatic N) is 4. The van der Waals surface area contributed by atoms with Crippen LogP contribution in [0.25, 0.3) is 0 Å². The monoisotopic (exact) mass is 432 g/mol. The van der Waals surface area contributed by atoms with Gasteiger partial charge in [-0.15, -0.1) is 0 Å². The van der Waals surface area contributed by atoms with E-state index < -0.39 is 15.9 Å². The Morgan fingerprint density at radius 2 is 2.03 bits per heavy atom. The molecule has 2 aliphatic heterocycles. The molecule has 9 nitrogen and oxygen atoms in total. The van der Waals surface area contributed by atoms with Crippen molar-refractivity contribution >= 4 is 27.4 Å². The Bertz CT molecular complexity index is 1070. The zero-order valence-electron chi connectivity index (χ0n) is 16.9. The zero-order valence-corrected chi connectivity index (χ0v) is 17.7. The average molecular weight is 433 g/mol. The second-order valence-electron chi connectivity index (χ2n) is 7.77. The number of hydrogen-bond donors (Lipinski definition) is 1. The van der Waals surface area contributed by atoms with Crippen LogP contribution in [0.5, 0.6) is 5.88 Å². The van der Waals surface area contributed by atoms with E-state index in [0.717, 1.165) is 17.7 Å². The minimum absolute atomic E-state index is 0.110. The van der Waals surface area contributed by atoms with Crippen molar-refractivity contribution in [1.82, 2.24) is 14.9 Å². The Morgan fingerprint density at radius 3 is 2.73 bits per heavy atom. The molecule has 0 radical (unpaired) electrons. The number of benzene rings is 1. The molecule has 1 saturated heterocycles. The van der Waals surface area contributed by atoms with Gasteiger partial charge >= 0.3 is 6.09 Å². The number of carbonyl (C=O) groups is 1. The molecular weight excluding hydrogens is 408 g/mol. The summed E-state index contributed by atoms with van der Waals surface area (Å²) in [4.78, 5) is 23.6. The van der Waals surface area contributed by atoms with E-state index in [-0.39, 0.29) is 12.1 Å². The first kappa shape index (κ1) is 20.4. The Morgan fingerprint density at radius 1 is 1.23 bits per heavy atom. The van der Waals surface area contributed by atoms with E-state index in [1.165, 1.54) is 17.5 Å². The summed E-state index contributed by atoms with van der Waals surface area (Å²) in [7, 11) is -3.25. The van der Waals surface area contributed by atoms with Crippen LogP contribution < -0.4 is 9.64 Å². The fourth-order valence-corrected chi connectivity index (χ4v) is 4.75. The number of ether oxygens (including phenoxy) is 1. The number of carboxylic acid groups (broad SMARTS) is 1. The summed E-state index contributed by atoms with van der Waals surface area (Å²) < 4.78 is 29.7. The van der Waals surface area contributed by atoms with E-state index in [0.29, 0.717) is 42.5 Å². The van der Waals surface area contributed by atoms with Gasteiger partial charge in [-0.05, 0) is 37.1 Å². The molecule has 1 aromatic carbocycles. The van der Waals surface area contributed by atoms with Crippen molar-refractivity contribution in [2.75, 3.05) is 24.2 Å².